The lowest BCUT2D eigenvalue weighted by molar-refractivity contribution is -0.115. The molecule has 1 unspecified atom stereocenters. The van der Waals surface area contributed by atoms with Crippen molar-refractivity contribution in [2.75, 3.05) is 12.4 Å². The highest BCUT2D eigenvalue weighted by Crippen LogP contribution is 2.33. The molecule has 0 spiro atoms. The number of carbonyl (C=O) groups is 1. The summed E-state index contributed by atoms with van der Waals surface area (Å²) in [5.41, 5.74) is 4.91. The molecule has 8 heteroatoms. The molecule has 0 fully saturated rings. The maximum Gasteiger partial charge on any atom is 0.239 e. The zero-order valence-corrected chi connectivity index (χ0v) is 20.5. The van der Waals surface area contributed by atoms with E-state index in [0.717, 1.165) is 33.8 Å². The van der Waals surface area contributed by atoms with E-state index in [4.69, 9.17) is 4.74 Å². The van der Waals surface area contributed by atoms with E-state index >= 15 is 0 Å². The zero-order valence-electron chi connectivity index (χ0n) is 18.9. The van der Waals surface area contributed by atoms with Gasteiger partial charge in [-0.2, -0.15) is 5.26 Å². The number of carbonyl (C=O) groups excluding carboxylic acids is 1. The minimum Gasteiger partial charge on any atom is -0.496 e. The van der Waals surface area contributed by atoms with E-state index in [-0.39, 0.29) is 5.91 Å². The van der Waals surface area contributed by atoms with Gasteiger partial charge in [-0.3, -0.25) is 4.79 Å². The summed E-state index contributed by atoms with van der Waals surface area (Å²) in [7, 11) is 1.62. The third-order valence-electron chi connectivity index (χ3n) is 5.10. The standard InChI is InChI=1S/C26H22N4O2S2/c1-16-8-10-18(11-9-16)21-13-12-19(14-27)25(28-21)34-17(2)24(31)30-26-29-22(15-33-26)20-6-4-5-7-23(20)32-3/h4-13,15,17H,1-3H3,(H,29,30,31). The molecule has 2 heterocycles. The predicted molar refractivity (Wildman–Crippen MR) is 137 cm³/mol. The number of nitrogens with one attached hydrogen (secondary N) is 1. The number of para-hydroxylation sites is 1. The van der Waals surface area contributed by atoms with E-state index in [0.29, 0.717) is 15.7 Å². The summed E-state index contributed by atoms with van der Waals surface area (Å²) >= 11 is 2.60. The van der Waals surface area contributed by atoms with Crippen molar-refractivity contribution >= 4 is 34.1 Å². The fourth-order valence-electron chi connectivity index (χ4n) is 3.24. The number of amides is 1. The van der Waals surface area contributed by atoms with Crippen molar-refractivity contribution in [3.63, 3.8) is 0 Å². The highest BCUT2D eigenvalue weighted by atomic mass is 32.2. The highest BCUT2D eigenvalue weighted by molar-refractivity contribution is 8.00. The van der Waals surface area contributed by atoms with Crippen LogP contribution >= 0.6 is 23.1 Å². The van der Waals surface area contributed by atoms with Crippen molar-refractivity contribution in [3.8, 4) is 34.3 Å². The van der Waals surface area contributed by atoms with E-state index in [1.807, 2.05) is 66.9 Å². The zero-order chi connectivity index (χ0) is 24.1. The quantitative estimate of drug-likeness (QED) is 0.314. The van der Waals surface area contributed by atoms with Crippen LogP contribution in [-0.4, -0.2) is 28.2 Å². The molecule has 6 nitrogen and oxygen atoms in total. The second-order valence-electron chi connectivity index (χ2n) is 7.51. The molecular formula is C26H22N4O2S2. The molecule has 0 saturated carbocycles. The van der Waals surface area contributed by atoms with Gasteiger partial charge in [0.1, 0.15) is 16.8 Å². The summed E-state index contributed by atoms with van der Waals surface area (Å²) in [6.07, 6.45) is 0. The normalized spacial score (nSPS) is 11.5. The summed E-state index contributed by atoms with van der Waals surface area (Å²) in [6, 6.07) is 21.4. The van der Waals surface area contributed by atoms with Gasteiger partial charge < -0.3 is 10.1 Å². The summed E-state index contributed by atoms with van der Waals surface area (Å²) in [5, 5.41) is 14.8. The summed E-state index contributed by atoms with van der Waals surface area (Å²) in [4.78, 5) is 22.1. The number of aryl methyl sites for hydroxylation is 1. The van der Waals surface area contributed by atoms with E-state index in [2.05, 4.69) is 21.4 Å². The second-order valence-corrected chi connectivity index (χ2v) is 9.70. The van der Waals surface area contributed by atoms with Gasteiger partial charge in [-0.25, -0.2) is 9.97 Å². The van der Waals surface area contributed by atoms with Gasteiger partial charge in [-0.1, -0.05) is 53.7 Å². The number of rotatable bonds is 7. The fourth-order valence-corrected chi connectivity index (χ4v) is 4.85. The fraction of sp³-hybridized carbons (Fsp3) is 0.154. The number of nitriles is 1. The van der Waals surface area contributed by atoms with Gasteiger partial charge in [-0.05, 0) is 38.1 Å². The van der Waals surface area contributed by atoms with E-state index in [1.54, 1.807) is 20.1 Å². The van der Waals surface area contributed by atoms with Crippen LogP contribution in [0.25, 0.3) is 22.5 Å². The number of thioether (sulfide) groups is 1. The van der Waals surface area contributed by atoms with Gasteiger partial charge >= 0.3 is 0 Å². The molecule has 170 valence electrons. The van der Waals surface area contributed by atoms with Gasteiger partial charge in [0, 0.05) is 16.5 Å². The lowest BCUT2D eigenvalue weighted by Crippen LogP contribution is -2.22. The number of anilines is 1. The SMILES string of the molecule is COc1ccccc1-c1csc(NC(=O)C(C)Sc2nc(-c3ccc(C)cc3)ccc2C#N)n1. The Kier molecular flexibility index (Phi) is 7.26. The molecule has 0 saturated heterocycles. The van der Waals surface area contributed by atoms with Crippen LogP contribution in [0.4, 0.5) is 5.13 Å². The first-order chi connectivity index (χ1) is 16.5. The van der Waals surface area contributed by atoms with Crippen molar-refractivity contribution in [2.24, 2.45) is 0 Å². The number of benzene rings is 2. The lowest BCUT2D eigenvalue weighted by Gasteiger charge is -2.12. The summed E-state index contributed by atoms with van der Waals surface area (Å²) in [5.74, 6) is 0.510. The Bertz CT molecular complexity index is 1360. The third-order valence-corrected chi connectivity index (χ3v) is 6.96. The van der Waals surface area contributed by atoms with Gasteiger partial charge in [0.2, 0.25) is 5.91 Å². The van der Waals surface area contributed by atoms with Crippen molar-refractivity contribution in [2.45, 2.75) is 24.1 Å². The van der Waals surface area contributed by atoms with Gasteiger partial charge in [0.05, 0.1) is 29.3 Å². The first-order valence-electron chi connectivity index (χ1n) is 10.5. The van der Waals surface area contributed by atoms with Gasteiger partial charge in [0.25, 0.3) is 0 Å². The van der Waals surface area contributed by atoms with Crippen LogP contribution in [0.5, 0.6) is 5.75 Å². The monoisotopic (exact) mass is 486 g/mol. The summed E-state index contributed by atoms with van der Waals surface area (Å²) < 4.78 is 5.40. The Labute approximate surface area is 206 Å². The van der Waals surface area contributed by atoms with Crippen LogP contribution in [0, 0.1) is 18.3 Å². The van der Waals surface area contributed by atoms with Crippen LogP contribution in [0.3, 0.4) is 0 Å². The number of thiazole rings is 1. The minimum absolute atomic E-state index is 0.211. The molecule has 1 atom stereocenters. The molecule has 4 aromatic rings. The van der Waals surface area contributed by atoms with Crippen molar-refractivity contribution < 1.29 is 9.53 Å². The Morgan fingerprint density at radius 2 is 1.85 bits per heavy atom. The summed E-state index contributed by atoms with van der Waals surface area (Å²) in [6.45, 7) is 3.81. The molecule has 1 N–H and O–H groups in total. The molecule has 0 aliphatic rings. The van der Waals surface area contributed by atoms with Crippen LogP contribution in [0.15, 0.2) is 71.1 Å². The average Bonchev–Trinajstić information content (AvgIpc) is 3.32. The Balaban J connectivity index is 1.49. The highest BCUT2D eigenvalue weighted by Gasteiger charge is 2.20. The third kappa shape index (κ3) is 5.28. The Hall–Kier alpha value is -3.67. The molecular weight excluding hydrogens is 464 g/mol. The smallest absolute Gasteiger partial charge is 0.239 e. The van der Waals surface area contributed by atoms with Gasteiger partial charge in [0.15, 0.2) is 5.13 Å². The van der Waals surface area contributed by atoms with Crippen molar-refractivity contribution in [3.05, 3.63) is 77.2 Å². The number of pyridine rings is 1. The van der Waals surface area contributed by atoms with Gasteiger partial charge in [-0.15, -0.1) is 11.3 Å². The molecule has 4 rings (SSSR count). The lowest BCUT2D eigenvalue weighted by atomic mass is 10.1. The molecule has 2 aromatic carbocycles. The van der Waals surface area contributed by atoms with E-state index in [9.17, 15) is 10.1 Å². The number of nitrogens with zero attached hydrogens (tertiary/aromatic N) is 3. The Morgan fingerprint density at radius 1 is 1.09 bits per heavy atom. The van der Waals surface area contributed by atoms with Crippen molar-refractivity contribution in [1.82, 2.24) is 9.97 Å². The number of ether oxygens (including phenoxy) is 1. The molecule has 0 radical (unpaired) electrons. The topological polar surface area (TPSA) is 87.9 Å². The average molecular weight is 487 g/mol. The van der Waals surface area contributed by atoms with Crippen LogP contribution in [-0.2, 0) is 4.79 Å². The molecule has 34 heavy (non-hydrogen) atoms. The van der Waals surface area contributed by atoms with E-state index < -0.39 is 5.25 Å². The molecule has 0 aliphatic heterocycles. The number of hydrogen-bond acceptors (Lipinski definition) is 7. The van der Waals surface area contributed by atoms with Crippen molar-refractivity contribution in [1.29, 1.82) is 5.26 Å². The first kappa shape index (κ1) is 23.5. The molecule has 1 amide bonds. The van der Waals surface area contributed by atoms with Crippen LogP contribution < -0.4 is 10.1 Å². The Morgan fingerprint density at radius 3 is 2.59 bits per heavy atom. The first-order valence-corrected chi connectivity index (χ1v) is 12.3. The maximum atomic E-state index is 12.9. The molecule has 0 aliphatic carbocycles. The maximum absolute atomic E-state index is 12.9. The van der Waals surface area contributed by atoms with E-state index in [1.165, 1.54) is 23.1 Å². The predicted octanol–water partition coefficient (Wildman–Crippen LogP) is 6.18. The number of methoxy groups -OCH3 is 1. The van der Waals surface area contributed by atoms with Crippen LogP contribution in [0.1, 0.15) is 18.1 Å². The molecule has 2 aromatic heterocycles. The number of hydrogen-bond donors (Lipinski definition) is 1. The number of aromatic nitrogens is 2. The largest absolute Gasteiger partial charge is 0.496 e. The second kappa shape index (κ2) is 10.5. The van der Waals surface area contributed by atoms with Crippen LogP contribution in [0.2, 0.25) is 0 Å². The minimum atomic E-state index is -0.480. The molecule has 0 bridgehead atoms.